The van der Waals surface area contributed by atoms with Crippen LogP contribution in [0.25, 0.3) is 0 Å². The van der Waals surface area contributed by atoms with Crippen molar-refractivity contribution in [2.45, 2.75) is 58.3 Å². The first-order valence-corrected chi connectivity index (χ1v) is 8.03. The molecule has 0 spiro atoms. The highest BCUT2D eigenvalue weighted by Crippen LogP contribution is 2.27. The van der Waals surface area contributed by atoms with E-state index in [-0.39, 0.29) is 6.61 Å². The van der Waals surface area contributed by atoms with E-state index >= 15 is 0 Å². The van der Waals surface area contributed by atoms with E-state index in [0.717, 1.165) is 13.8 Å². The highest BCUT2D eigenvalue weighted by Gasteiger charge is 2.50. The standard InChI is InChI=1S/C15H20N2O8S/c1-7(18)17-12-14(24-10(4)21)13(23-9(3)20)11(5-22-8(2)19)25-15(12)16-6-26/h11-15H,5H2,1-4H3,(H,17,18)/t11-,12-,13+,14+,15+/m1/s1. The van der Waals surface area contributed by atoms with E-state index in [4.69, 9.17) is 18.9 Å². The maximum absolute atomic E-state index is 11.5. The molecule has 1 saturated heterocycles. The van der Waals surface area contributed by atoms with Crippen molar-refractivity contribution in [3.8, 4) is 0 Å². The first-order valence-electron chi connectivity index (χ1n) is 7.63. The molecule has 1 rings (SSSR count). The number of nitrogens with zero attached hydrogens (tertiary/aromatic N) is 1. The fraction of sp³-hybridized carbons (Fsp3) is 0.667. The average Bonchev–Trinajstić information content (AvgIpc) is 2.50. The molecule has 1 aliphatic heterocycles. The molecular formula is C15H20N2O8S. The van der Waals surface area contributed by atoms with Gasteiger partial charge < -0.3 is 24.3 Å². The molecule has 144 valence electrons. The topological polar surface area (TPSA) is 130 Å². The fourth-order valence-electron chi connectivity index (χ4n) is 2.47. The van der Waals surface area contributed by atoms with Crippen molar-refractivity contribution in [2.24, 2.45) is 4.99 Å². The molecule has 1 heterocycles. The Morgan fingerprint density at radius 2 is 1.62 bits per heavy atom. The predicted molar refractivity (Wildman–Crippen MR) is 89.0 cm³/mol. The minimum Gasteiger partial charge on any atom is -0.463 e. The largest absolute Gasteiger partial charge is 0.463 e. The number of carbonyl (C=O) groups excluding carboxylic acids is 4. The van der Waals surface area contributed by atoms with Crippen molar-refractivity contribution in [1.82, 2.24) is 5.32 Å². The molecule has 0 radical (unpaired) electrons. The van der Waals surface area contributed by atoms with Crippen molar-refractivity contribution in [2.75, 3.05) is 6.61 Å². The molecule has 0 aliphatic carbocycles. The molecule has 0 aromatic heterocycles. The molecule has 0 unspecified atom stereocenters. The number of thiocarbonyl (C=S) groups is 1. The van der Waals surface area contributed by atoms with Gasteiger partial charge in [-0.05, 0) is 12.2 Å². The second-order valence-electron chi connectivity index (χ2n) is 5.46. The number of carbonyl (C=O) groups is 4. The van der Waals surface area contributed by atoms with Gasteiger partial charge in [0.25, 0.3) is 0 Å². The molecule has 10 nitrogen and oxygen atoms in total. The maximum Gasteiger partial charge on any atom is 0.303 e. The summed E-state index contributed by atoms with van der Waals surface area (Å²) in [5.41, 5.74) is 0. The van der Waals surface area contributed by atoms with Gasteiger partial charge in [0.05, 0.1) is 5.16 Å². The summed E-state index contributed by atoms with van der Waals surface area (Å²) in [7, 11) is 0. The van der Waals surface area contributed by atoms with Crippen LogP contribution >= 0.6 is 12.2 Å². The zero-order valence-electron chi connectivity index (χ0n) is 14.7. The molecule has 5 atom stereocenters. The second-order valence-corrected chi connectivity index (χ2v) is 5.65. The Balaban J connectivity index is 3.28. The Bertz CT molecular complexity index is 619. The Kier molecular flexibility index (Phi) is 8.30. The molecular weight excluding hydrogens is 368 g/mol. The third kappa shape index (κ3) is 6.51. The molecule has 1 amide bonds. The van der Waals surface area contributed by atoms with Gasteiger partial charge in [-0.2, -0.15) is 4.99 Å². The lowest BCUT2D eigenvalue weighted by molar-refractivity contribution is -0.222. The van der Waals surface area contributed by atoms with Crippen LogP contribution < -0.4 is 5.32 Å². The first-order chi connectivity index (χ1) is 12.1. The van der Waals surface area contributed by atoms with E-state index in [9.17, 15) is 19.2 Å². The monoisotopic (exact) mass is 388 g/mol. The number of ether oxygens (including phenoxy) is 4. The number of hydrogen-bond donors (Lipinski definition) is 1. The number of rotatable bonds is 6. The fourth-order valence-corrected chi connectivity index (χ4v) is 2.57. The second kappa shape index (κ2) is 9.95. The quantitative estimate of drug-likeness (QED) is 0.283. The molecule has 1 N–H and O–H groups in total. The molecule has 0 aromatic carbocycles. The van der Waals surface area contributed by atoms with Crippen LogP contribution in [0.4, 0.5) is 0 Å². The SMILES string of the molecule is CC(=O)N[C@@H]1[C@H](OC(C)=O)[C@@H](OC(C)=O)[C@@H](COC(C)=O)O[C@@H]1N=C=S. The zero-order chi connectivity index (χ0) is 19.9. The van der Waals surface area contributed by atoms with Crippen LogP contribution in [0, 0.1) is 0 Å². The molecule has 11 heteroatoms. The van der Waals surface area contributed by atoms with E-state index in [1.807, 2.05) is 0 Å². The van der Waals surface area contributed by atoms with Gasteiger partial charge in [-0.15, -0.1) is 0 Å². The summed E-state index contributed by atoms with van der Waals surface area (Å²) in [6, 6.07) is -0.996. The zero-order valence-corrected chi connectivity index (χ0v) is 15.5. The number of esters is 3. The van der Waals surface area contributed by atoms with Gasteiger partial charge in [0.1, 0.15) is 18.8 Å². The van der Waals surface area contributed by atoms with Gasteiger partial charge in [-0.25, -0.2) is 0 Å². The number of hydrogen-bond acceptors (Lipinski definition) is 10. The number of amides is 1. The van der Waals surface area contributed by atoms with Crippen LogP contribution in [-0.2, 0) is 38.1 Å². The normalized spacial score (nSPS) is 27.5. The molecule has 1 fully saturated rings. The summed E-state index contributed by atoms with van der Waals surface area (Å²) in [6.07, 6.45) is -4.39. The highest BCUT2D eigenvalue weighted by molar-refractivity contribution is 7.78. The molecule has 1 aliphatic rings. The summed E-state index contributed by atoms with van der Waals surface area (Å²) in [5.74, 6) is -2.40. The van der Waals surface area contributed by atoms with Crippen molar-refractivity contribution in [3.05, 3.63) is 0 Å². The highest BCUT2D eigenvalue weighted by atomic mass is 32.1. The van der Waals surface area contributed by atoms with Crippen LogP contribution in [0.3, 0.4) is 0 Å². The van der Waals surface area contributed by atoms with Crippen molar-refractivity contribution >= 4 is 41.2 Å². The van der Waals surface area contributed by atoms with Crippen LogP contribution in [0.5, 0.6) is 0 Å². The molecule has 0 aromatic rings. The lowest BCUT2D eigenvalue weighted by Gasteiger charge is -2.43. The van der Waals surface area contributed by atoms with E-state index in [0.29, 0.717) is 0 Å². The third-order valence-corrected chi connectivity index (χ3v) is 3.38. The lowest BCUT2D eigenvalue weighted by Crippen LogP contribution is -2.65. The van der Waals surface area contributed by atoms with Gasteiger partial charge in [-0.1, -0.05) is 0 Å². The van der Waals surface area contributed by atoms with Gasteiger partial charge in [0.2, 0.25) is 5.91 Å². The smallest absolute Gasteiger partial charge is 0.303 e. The first kappa shape index (κ1) is 21.7. The number of aliphatic imine (C=N–C) groups is 1. The minimum atomic E-state index is -1.15. The summed E-state index contributed by atoms with van der Waals surface area (Å²) in [5, 5.41) is 4.67. The van der Waals surface area contributed by atoms with Crippen molar-refractivity contribution in [3.63, 3.8) is 0 Å². The van der Waals surface area contributed by atoms with E-state index < -0.39 is 54.4 Å². The predicted octanol–water partition coefficient (Wildman–Crippen LogP) is -0.255. The summed E-state index contributed by atoms with van der Waals surface area (Å²) in [6.45, 7) is 4.46. The number of nitrogens with one attached hydrogen (secondary N) is 1. The summed E-state index contributed by atoms with van der Waals surface area (Å²) >= 11 is 4.58. The lowest BCUT2D eigenvalue weighted by atomic mass is 9.95. The Morgan fingerprint density at radius 1 is 1.04 bits per heavy atom. The Morgan fingerprint density at radius 3 is 2.08 bits per heavy atom. The van der Waals surface area contributed by atoms with E-state index in [1.165, 1.54) is 13.8 Å². The van der Waals surface area contributed by atoms with E-state index in [2.05, 4.69) is 27.7 Å². The van der Waals surface area contributed by atoms with Crippen molar-refractivity contribution < 1.29 is 38.1 Å². The van der Waals surface area contributed by atoms with Crippen LogP contribution in [-0.4, -0.2) is 66.2 Å². The molecule has 0 bridgehead atoms. The number of isothiocyanates is 1. The van der Waals surface area contributed by atoms with Gasteiger partial charge in [0.15, 0.2) is 18.4 Å². The Hall–Kier alpha value is -2.36. The van der Waals surface area contributed by atoms with E-state index in [1.54, 1.807) is 0 Å². The average molecular weight is 388 g/mol. The maximum atomic E-state index is 11.5. The van der Waals surface area contributed by atoms with Gasteiger partial charge in [0, 0.05) is 27.7 Å². The Labute approximate surface area is 155 Å². The van der Waals surface area contributed by atoms with Gasteiger partial charge in [-0.3, -0.25) is 19.2 Å². The summed E-state index contributed by atoms with van der Waals surface area (Å²) < 4.78 is 21.1. The minimum absolute atomic E-state index is 0.290. The van der Waals surface area contributed by atoms with Gasteiger partial charge >= 0.3 is 17.9 Å². The van der Waals surface area contributed by atoms with Crippen molar-refractivity contribution in [1.29, 1.82) is 0 Å². The molecule has 26 heavy (non-hydrogen) atoms. The third-order valence-electron chi connectivity index (χ3n) is 3.27. The molecule has 0 saturated carbocycles. The van der Waals surface area contributed by atoms with Crippen LogP contribution in [0.2, 0.25) is 0 Å². The van der Waals surface area contributed by atoms with Crippen LogP contribution in [0.1, 0.15) is 27.7 Å². The van der Waals surface area contributed by atoms with Crippen LogP contribution in [0.15, 0.2) is 4.99 Å². The summed E-state index contributed by atoms with van der Waals surface area (Å²) in [4.78, 5) is 49.5.